The van der Waals surface area contributed by atoms with E-state index in [0.717, 1.165) is 24.2 Å². The second-order valence-corrected chi connectivity index (χ2v) is 12.6. The molecule has 0 spiro atoms. The van der Waals surface area contributed by atoms with Gasteiger partial charge in [0.15, 0.2) is 13.9 Å². The summed E-state index contributed by atoms with van der Waals surface area (Å²) in [5.41, 5.74) is 0.826. The van der Waals surface area contributed by atoms with Crippen LogP contribution in [0.15, 0.2) is 47.7 Å². The third kappa shape index (κ3) is 4.74. The van der Waals surface area contributed by atoms with Gasteiger partial charge in [-0.15, -0.1) is 0 Å². The van der Waals surface area contributed by atoms with Crippen molar-refractivity contribution in [3.63, 3.8) is 0 Å². The number of unbranched alkanes of at least 4 members (excludes halogenated alkanes) is 1. The third-order valence-electron chi connectivity index (χ3n) is 4.18. The summed E-state index contributed by atoms with van der Waals surface area (Å²) in [5, 5.41) is 0. The van der Waals surface area contributed by atoms with E-state index in [-0.39, 0.29) is 11.9 Å². The van der Waals surface area contributed by atoms with Gasteiger partial charge in [-0.1, -0.05) is 49.8 Å². The molecule has 3 nitrogen and oxygen atoms in total. The lowest BCUT2D eigenvalue weighted by molar-refractivity contribution is -0.139. The molecule has 0 saturated carbocycles. The van der Waals surface area contributed by atoms with Gasteiger partial charge in [-0.25, -0.2) is 0 Å². The van der Waals surface area contributed by atoms with Crippen LogP contribution in [-0.4, -0.2) is 25.8 Å². The molecule has 1 atom stereocenters. The van der Waals surface area contributed by atoms with Crippen molar-refractivity contribution < 1.29 is 14.0 Å². The van der Waals surface area contributed by atoms with Crippen LogP contribution >= 0.6 is 0 Å². The normalized spacial score (nSPS) is 20.8. The van der Waals surface area contributed by atoms with Gasteiger partial charge in [0.1, 0.15) is 5.76 Å². The van der Waals surface area contributed by atoms with Crippen molar-refractivity contribution in [2.45, 2.75) is 71.4 Å². The molecule has 1 aliphatic carbocycles. The number of ether oxygens (including phenoxy) is 1. The quantitative estimate of drug-likeness (QED) is 0.518. The molecule has 142 valence electrons. The molecular formula is C22H32O3Si. The van der Waals surface area contributed by atoms with Gasteiger partial charge in [0, 0.05) is 0 Å². The number of hydrogen-bond donors (Lipinski definition) is 0. The minimum atomic E-state index is -1.92. The van der Waals surface area contributed by atoms with Crippen LogP contribution in [-0.2, 0) is 14.0 Å². The Bertz CT molecular complexity index is 683. The van der Waals surface area contributed by atoms with Crippen LogP contribution in [0.5, 0.6) is 0 Å². The first-order valence-electron chi connectivity index (χ1n) is 9.59. The summed E-state index contributed by atoms with van der Waals surface area (Å²) in [6, 6.07) is 10.00. The van der Waals surface area contributed by atoms with E-state index in [1.165, 1.54) is 0 Å². The molecule has 0 saturated heterocycles. The summed E-state index contributed by atoms with van der Waals surface area (Å²) < 4.78 is 12.6. The van der Waals surface area contributed by atoms with Crippen molar-refractivity contribution in [2.75, 3.05) is 0 Å². The fraction of sp³-hybridized carbons (Fsp3) is 0.500. The van der Waals surface area contributed by atoms with Gasteiger partial charge >= 0.3 is 0 Å². The molecule has 0 aliphatic heterocycles. The van der Waals surface area contributed by atoms with Crippen molar-refractivity contribution in [3.05, 3.63) is 53.3 Å². The lowest BCUT2D eigenvalue weighted by Crippen LogP contribution is -2.58. The third-order valence-corrected chi connectivity index (χ3v) is 5.14. The smallest absolute Gasteiger partial charge is 0.204 e. The van der Waals surface area contributed by atoms with E-state index < -0.39 is 13.9 Å². The Balaban J connectivity index is 2.42. The number of carbonyl (C=O) groups excluding carboxylic acids is 1. The van der Waals surface area contributed by atoms with Crippen molar-refractivity contribution in [2.24, 2.45) is 0 Å². The number of benzene rings is 1. The van der Waals surface area contributed by atoms with Crippen LogP contribution in [0, 0.1) is 0 Å². The summed E-state index contributed by atoms with van der Waals surface area (Å²) in [6.07, 6.45) is 6.51. The summed E-state index contributed by atoms with van der Waals surface area (Å²) in [6.45, 7) is 12.5. The van der Waals surface area contributed by atoms with E-state index in [1.807, 2.05) is 56.3 Å². The SMILES string of the molecule is CCCCC1(O[Si](C)(C)C)C(=O)C(/C=C\c2ccccc2)=C1OC(C)C. The number of hydrogen-bond acceptors (Lipinski definition) is 3. The van der Waals surface area contributed by atoms with Crippen LogP contribution in [0.3, 0.4) is 0 Å². The van der Waals surface area contributed by atoms with Gasteiger partial charge in [0.25, 0.3) is 0 Å². The Morgan fingerprint density at radius 3 is 2.31 bits per heavy atom. The number of rotatable bonds is 9. The molecule has 0 heterocycles. The molecule has 0 bridgehead atoms. The van der Waals surface area contributed by atoms with Crippen LogP contribution in [0.25, 0.3) is 6.08 Å². The van der Waals surface area contributed by atoms with Crippen LogP contribution < -0.4 is 0 Å². The molecule has 0 radical (unpaired) electrons. The second kappa shape index (κ2) is 8.36. The van der Waals surface area contributed by atoms with Crippen molar-refractivity contribution >= 4 is 20.2 Å². The number of ketones is 1. The lowest BCUT2D eigenvalue weighted by Gasteiger charge is -2.46. The minimum absolute atomic E-state index is 0.00413. The lowest BCUT2D eigenvalue weighted by atomic mass is 9.74. The van der Waals surface area contributed by atoms with E-state index in [9.17, 15) is 4.79 Å². The molecule has 0 amide bonds. The van der Waals surface area contributed by atoms with Gasteiger partial charge in [-0.05, 0) is 58.0 Å². The summed E-state index contributed by atoms with van der Waals surface area (Å²) in [5.74, 6) is 0.789. The first-order valence-corrected chi connectivity index (χ1v) is 13.0. The van der Waals surface area contributed by atoms with Gasteiger partial charge in [-0.3, -0.25) is 4.79 Å². The molecule has 1 unspecified atom stereocenters. The van der Waals surface area contributed by atoms with Gasteiger partial charge in [0.2, 0.25) is 5.78 Å². The molecular weight excluding hydrogens is 340 g/mol. The largest absolute Gasteiger partial charge is 0.491 e. The van der Waals surface area contributed by atoms with E-state index >= 15 is 0 Å². The minimum Gasteiger partial charge on any atom is -0.491 e. The highest BCUT2D eigenvalue weighted by molar-refractivity contribution is 6.70. The molecule has 1 aromatic carbocycles. The Morgan fingerprint density at radius 1 is 1.12 bits per heavy atom. The Hall–Kier alpha value is -1.65. The van der Waals surface area contributed by atoms with Crippen molar-refractivity contribution in [1.29, 1.82) is 0 Å². The van der Waals surface area contributed by atoms with Crippen LogP contribution in [0.4, 0.5) is 0 Å². The zero-order valence-corrected chi connectivity index (χ0v) is 18.0. The van der Waals surface area contributed by atoms with Gasteiger partial charge in [0.05, 0.1) is 11.7 Å². The fourth-order valence-electron chi connectivity index (χ4n) is 3.19. The van der Waals surface area contributed by atoms with E-state index in [2.05, 4.69) is 26.6 Å². The first kappa shape index (κ1) is 20.7. The standard InChI is InChI=1S/C22H32O3Si/c1-7-8-16-22(25-26(4,5)6)20(23)19(21(22)24-17(2)3)15-14-18-12-10-9-11-13-18/h9-15,17H,7-8,16H2,1-6H3/b15-14-. The van der Waals surface area contributed by atoms with Crippen LogP contribution in [0.2, 0.25) is 19.6 Å². The van der Waals surface area contributed by atoms with Crippen molar-refractivity contribution in [1.82, 2.24) is 0 Å². The fourth-order valence-corrected chi connectivity index (χ4v) is 4.52. The topological polar surface area (TPSA) is 35.5 Å². The Morgan fingerprint density at radius 2 is 1.77 bits per heavy atom. The molecule has 1 aromatic rings. The first-order chi connectivity index (χ1) is 12.2. The molecule has 0 aromatic heterocycles. The zero-order valence-electron chi connectivity index (χ0n) is 17.0. The highest BCUT2D eigenvalue weighted by Gasteiger charge is 2.57. The summed E-state index contributed by atoms with van der Waals surface area (Å²) in [4.78, 5) is 13.2. The van der Waals surface area contributed by atoms with Gasteiger partial charge < -0.3 is 9.16 Å². The van der Waals surface area contributed by atoms with Crippen LogP contribution in [0.1, 0.15) is 45.6 Å². The maximum absolute atomic E-state index is 13.2. The zero-order chi connectivity index (χ0) is 19.4. The summed E-state index contributed by atoms with van der Waals surface area (Å²) >= 11 is 0. The molecule has 1 aliphatic rings. The number of carbonyl (C=O) groups is 1. The maximum Gasteiger partial charge on any atom is 0.204 e. The van der Waals surface area contributed by atoms with E-state index in [1.54, 1.807) is 0 Å². The maximum atomic E-state index is 13.2. The predicted octanol–water partition coefficient (Wildman–Crippen LogP) is 5.74. The molecule has 4 heteroatoms. The molecule has 0 N–H and O–H groups in total. The summed E-state index contributed by atoms with van der Waals surface area (Å²) in [7, 11) is -1.92. The van der Waals surface area contributed by atoms with E-state index in [0.29, 0.717) is 12.0 Å². The highest BCUT2D eigenvalue weighted by Crippen LogP contribution is 2.46. The van der Waals surface area contributed by atoms with Crippen molar-refractivity contribution in [3.8, 4) is 0 Å². The number of allylic oxidation sites excluding steroid dienone is 1. The average Bonchev–Trinajstić information content (AvgIpc) is 2.57. The van der Waals surface area contributed by atoms with Gasteiger partial charge in [-0.2, -0.15) is 0 Å². The predicted molar refractivity (Wildman–Crippen MR) is 110 cm³/mol. The number of Topliss-reactive ketones (excluding diaryl/α,β-unsaturated/α-hetero) is 1. The average molecular weight is 373 g/mol. The Labute approximate surface area is 159 Å². The van der Waals surface area contributed by atoms with E-state index in [4.69, 9.17) is 9.16 Å². The molecule has 0 fully saturated rings. The Kier molecular flexibility index (Phi) is 6.64. The highest BCUT2D eigenvalue weighted by atomic mass is 28.4. The molecule has 26 heavy (non-hydrogen) atoms. The second-order valence-electron chi connectivity index (χ2n) is 8.13. The monoisotopic (exact) mass is 372 g/mol. The molecule has 2 rings (SSSR count).